The van der Waals surface area contributed by atoms with Crippen molar-refractivity contribution < 1.29 is 108 Å². The summed E-state index contributed by atoms with van der Waals surface area (Å²) in [5.41, 5.74) is 4.29. The van der Waals surface area contributed by atoms with Crippen molar-refractivity contribution in [2.45, 2.75) is 121 Å². The molecule has 1 fully saturated rings. The van der Waals surface area contributed by atoms with Gasteiger partial charge < -0.3 is 66.2 Å². The molecule has 5 amide bonds. The van der Waals surface area contributed by atoms with Gasteiger partial charge in [0.2, 0.25) is 29.1 Å². The second-order valence-electron chi connectivity index (χ2n) is 21.0. The van der Waals surface area contributed by atoms with Crippen molar-refractivity contribution in [3.05, 3.63) is 114 Å². The number of Topliss-reactive ketones (excluding diaryl/α,β-unsaturated/α-hetero) is 1. The predicted molar refractivity (Wildman–Crippen MR) is 316 cm³/mol. The van der Waals surface area contributed by atoms with Gasteiger partial charge in [0, 0.05) is 73.3 Å². The quantitative estimate of drug-likeness (QED) is 0.0121. The van der Waals surface area contributed by atoms with Crippen LogP contribution in [0.3, 0.4) is 0 Å². The highest BCUT2D eigenvalue weighted by atomic mass is 31.3. The van der Waals surface area contributed by atoms with Crippen LogP contribution in [0.15, 0.2) is 73.5 Å². The van der Waals surface area contributed by atoms with Gasteiger partial charge in [0.05, 0.1) is 43.3 Å². The van der Waals surface area contributed by atoms with Crippen LogP contribution in [0.1, 0.15) is 112 Å². The zero-order valence-electron chi connectivity index (χ0n) is 48.6. The van der Waals surface area contributed by atoms with E-state index in [1.807, 2.05) is 4.98 Å². The van der Waals surface area contributed by atoms with Gasteiger partial charge in [0.1, 0.15) is 29.7 Å². The van der Waals surface area contributed by atoms with Gasteiger partial charge in [-0.3, -0.25) is 61.8 Å². The lowest BCUT2D eigenvalue weighted by atomic mass is 9.90. The van der Waals surface area contributed by atoms with Crippen LogP contribution >= 0.6 is 23.2 Å². The molecule has 2 aliphatic heterocycles. The smallest absolute Gasteiger partial charge is 0.488 e. The molecule has 0 spiro atoms. The van der Waals surface area contributed by atoms with Crippen molar-refractivity contribution in [1.82, 2.24) is 30.8 Å². The van der Waals surface area contributed by atoms with Gasteiger partial charge in [-0.05, 0) is 68.0 Å². The molecule has 2 aromatic carbocycles. The molecular weight excluding hydrogens is 1270 g/mol. The Morgan fingerprint density at radius 2 is 1.55 bits per heavy atom. The molecule has 6 unspecified atom stereocenters. The van der Waals surface area contributed by atoms with E-state index in [0.717, 1.165) is 42.0 Å². The number of aliphatic hydroxyl groups is 1. The van der Waals surface area contributed by atoms with Crippen molar-refractivity contribution in [2.24, 2.45) is 5.73 Å². The molecule has 1 saturated heterocycles. The molecule has 494 valence electrons. The molecular formula is C55H66F2N7O24P3. The number of hydrogen-bond donors (Lipinski definition) is 12. The van der Waals surface area contributed by atoms with Gasteiger partial charge in [-0.25, -0.2) is 27.0 Å². The fourth-order valence-corrected chi connectivity index (χ4v) is 13.7. The second-order valence-corrected chi connectivity index (χ2v) is 26.2. The highest BCUT2D eigenvalue weighted by molar-refractivity contribution is 7.68. The molecule has 1 aliphatic carbocycles. The Bertz CT molecular complexity index is 3910. The summed E-state index contributed by atoms with van der Waals surface area (Å²) in [7, 11) is -16.6. The SMILES string of the molecule is CC(=O)NC(CCCCCP(=O)(O)OP(=O)(O)OP(=O)(O)OC[C@H]1O[C@@H](n2cc(/C=C/CNC(=O)CCC(=O)O)c(=O)[nH]c2=O)CC1O)C(=O)CC(=O)NC(CCCCCNC(=O)c1ccc(-c2c3cc(F)c(=O)cc-3oc3cc(O)c(F)cc23)c(C)c1)C(N)=O. The Kier molecular flexibility index (Phi) is 25.3. The third-order valence-electron chi connectivity index (χ3n) is 13.9. The summed E-state index contributed by atoms with van der Waals surface area (Å²) in [5, 5.41) is 39.4. The molecule has 36 heteroatoms. The number of H-pyrrole nitrogens is 1. The van der Waals surface area contributed by atoms with Crippen molar-refractivity contribution >= 4 is 81.6 Å². The summed E-state index contributed by atoms with van der Waals surface area (Å²) in [4.78, 5) is 156. The van der Waals surface area contributed by atoms with Crippen LogP contribution in [0.2, 0.25) is 0 Å². The van der Waals surface area contributed by atoms with E-state index in [4.69, 9.17) is 20.0 Å². The fraction of sp³-hybridized carbons (Fsp3) is 0.418. The van der Waals surface area contributed by atoms with Crippen LogP contribution in [0.4, 0.5) is 8.78 Å². The highest BCUT2D eigenvalue weighted by Crippen LogP contribution is 2.67. The average Bonchev–Trinajstić information content (AvgIpc) is 1.14. The number of halogens is 2. The lowest BCUT2D eigenvalue weighted by molar-refractivity contribution is -0.138. The molecule has 0 radical (unpaired) electrons. The van der Waals surface area contributed by atoms with Crippen LogP contribution < -0.4 is 43.7 Å². The number of rotatable bonds is 34. The minimum absolute atomic E-state index is 0.0154. The van der Waals surface area contributed by atoms with Gasteiger partial charge in [-0.2, -0.15) is 4.31 Å². The molecule has 1 aromatic heterocycles. The number of phosphoric ester groups is 1. The molecule has 0 saturated carbocycles. The molecule has 3 heterocycles. The first-order valence-corrected chi connectivity index (χ1v) is 32.7. The Morgan fingerprint density at radius 1 is 0.846 bits per heavy atom. The third-order valence-corrected chi connectivity index (χ3v) is 18.8. The minimum atomic E-state index is -5.88. The third kappa shape index (κ3) is 21.3. The summed E-state index contributed by atoms with van der Waals surface area (Å²) in [6.45, 7) is 1.80. The van der Waals surface area contributed by atoms with Gasteiger partial charge in [-0.1, -0.05) is 43.9 Å². The number of aromatic nitrogens is 2. The number of carbonyl (C=O) groups is 7. The minimum Gasteiger partial charge on any atom is -0.505 e. The summed E-state index contributed by atoms with van der Waals surface area (Å²) in [5.74, 6) is -8.23. The van der Waals surface area contributed by atoms with Crippen LogP contribution in [0.5, 0.6) is 5.75 Å². The number of phenolic OH excluding ortho intramolecular Hbond substituents is 1. The summed E-state index contributed by atoms with van der Waals surface area (Å²) >= 11 is 0. The number of aromatic amines is 1. The second kappa shape index (κ2) is 31.9. The lowest BCUT2D eigenvalue weighted by Gasteiger charge is -2.21. The number of ketones is 1. The van der Waals surface area contributed by atoms with Gasteiger partial charge >= 0.3 is 34.9 Å². The van der Waals surface area contributed by atoms with Crippen LogP contribution in [0.25, 0.3) is 39.5 Å². The van der Waals surface area contributed by atoms with E-state index in [9.17, 15) is 95.3 Å². The molecule has 6 rings (SSSR count). The Labute approximate surface area is 514 Å². The van der Waals surface area contributed by atoms with Gasteiger partial charge in [0.15, 0.2) is 23.2 Å². The number of aryl methyl sites for hydroxylation is 1. The topological polar surface area (TPSA) is 488 Å². The molecule has 0 bridgehead atoms. The van der Waals surface area contributed by atoms with E-state index in [-0.39, 0.29) is 91.5 Å². The maximum atomic E-state index is 14.6. The number of amides is 5. The number of aliphatic carboxylic acids is 1. The van der Waals surface area contributed by atoms with E-state index in [1.165, 1.54) is 18.2 Å². The number of benzene rings is 3. The number of nitrogens with two attached hydrogens (primary N) is 1. The number of nitrogens with zero attached hydrogens (tertiary/aromatic N) is 1. The zero-order valence-corrected chi connectivity index (χ0v) is 51.3. The predicted octanol–water partition coefficient (Wildman–Crippen LogP) is 3.77. The standard InChI is InChI=1S/C55H66F2N7O24P3/c1-29-20-31(13-14-33(29)51-34-21-36(56)40(66)23-44(34)85-45-24-41(67)37(57)22-35(45)51)53(75)60-17-7-3-5-12-39(52(58)74)62-48(71)25-42(68)38(61-30(2)65)11-6-4-8-19-89(78,79)87-91(82,83)88-90(80,81)84-28-46-43(69)26-49(86-46)64-27-32(54(76)63-55(64)77)10-9-18-59-47(70)15-16-50(72)73/h9-10,13-14,20-24,27,38-39,43,46,49,66,69H,3-8,11-12,15-19,25-26,28H2,1-2H3,(H2,58,74)(H,59,70)(H,60,75)(H,61,65)(H,62,71)(H,72,73)(H,78,79)(H,80,81)(H,82,83)(H,63,76,77)/b10-9+/t38?,39?,43?,46-,49-/m1/s1. The van der Waals surface area contributed by atoms with Crippen molar-refractivity contribution in [3.63, 3.8) is 0 Å². The number of carboxylic acids is 1. The first-order valence-electron chi connectivity index (χ1n) is 28.0. The molecule has 8 atom stereocenters. The zero-order chi connectivity index (χ0) is 67.1. The molecule has 91 heavy (non-hydrogen) atoms. The van der Waals surface area contributed by atoms with E-state index in [2.05, 4.69) is 34.4 Å². The number of aromatic hydroxyl groups is 1. The maximum absolute atomic E-state index is 14.6. The number of phenols is 1. The fourth-order valence-electron chi connectivity index (χ4n) is 9.51. The monoisotopic (exact) mass is 1340 g/mol. The number of carbonyl (C=O) groups excluding carboxylic acids is 6. The molecule has 31 nitrogen and oxygen atoms in total. The van der Waals surface area contributed by atoms with E-state index < -0.39 is 155 Å². The summed E-state index contributed by atoms with van der Waals surface area (Å²) in [6.07, 6.45) is -2.47. The maximum Gasteiger partial charge on any atom is 0.488 e. The Hall–Kier alpha value is -7.93. The number of fused-ring (bicyclic) bond motifs is 2. The van der Waals surface area contributed by atoms with E-state index in [0.29, 0.717) is 36.0 Å². The number of unbranched alkanes of at least 4 members (excludes halogenated alkanes) is 4. The number of primary amides is 1. The van der Waals surface area contributed by atoms with E-state index in [1.54, 1.807) is 19.1 Å². The van der Waals surface area contributed by atoms with Gasteiger partial charge in [0.25, 0.3) is 11.5 Å². The molecule has 3 aliphatic rings. The summed E-state index contributed by atoms with van der Waals surface area (Å²) < 4.78 is 92.6. The largest absolute Gasteiger partial charge is 0.505 e. The molecule has 13 N–H and O–H groups in total. The van der Waals surface area contributed by atoms with E-state index >= 15 is 0 Å². The highest BCUT2D eigenvalue weighted by Gasteiger charge is 2.43. The normalized spacial score (nSPS) is 17.6. The number of ether oxygens (including phenoxy) is 1. The Morgan fingerprint density at radius 3 is 2.23 bits per heavy atom. The lowest BCUT2D eigenvalue weighted by Crippen LogP contribution is -2.47. The van der Waals surface area contributed by atoms with Crippen molar-refractivity contribution in [2.75, 3.05) is 25.9 Å². The van der Waals surface area contributed by atoms with Crippen LogP contribution in [-0.2, 0) is 60.3 Å². The van der Waals surface area contributed by atoms with Crippen LogP contribution in [0, 0.1) is 18.6 Å². The van der Waals surface area contributed by atoms with Crippen molar-refractivity contribution in [3.8, 4) is 28.2 Å². The number of aliphatic hydroxyl groups excluding tert-OH is 1. The van der Waals surface area contributed by atoms with Crippen molar-refractivity contribution in [1.29, 1.82) is 0 Å². The summed E-state index contributed by atoms with van der Waals surface area (Å²) in [6, 6.07) is 6.12. The van der Waals surface area contributed by atoms with Crippen LogP contribution in [-0.4, -0.2) is 131 Å². The number of phosphoric acid groups is 2. The van der Waals surface area contributed by atoms with Gasteiger partial charge in [-0.15, -0.1) is 0 Å². The Balaban J connectivity index is 0.894. The molecule has 3 aromatic rings. The first kappa shape index (κ1) is 72.1. The first-order chi connectivity index (χ1) is 42.7. The number of nitrogens with one attached hydrogen (secondary N) is 5. The number of carboxylic acid groups (broad SMARTS) is 1. The average molecular weight is 1340 g/mol. The number of hydrogen-bond acceptors (Lipinski definition) is 20.